The van der Waals surface area contributed by atoms with Gasteiger partial charge in [0.05, 0.1) is 35.7 Å². The van der Waals surface area contributed by atoms with Crippen LogP contribution in [0.5, 0.6) is 0 Å². The number of esters is 1. The molecule has 6 aromatic rings. The molecule has 0 atom stereocenters. The van der Waals surface area contributed by atoms with Crippen LogP contribution in [0.1, 0.15) is 82.6 Å². The van der Waals surface area contributed by atoms with Gasteiger partial charge in [-0.05, 0) is 73.6 Å². The Hall–Kier alpha value is -6.03. The monoisotopic (exact) mass is 736 g/mol. The minimum absolute atomic E-state index is 0.0484. The number of aryl methyl sites for hydroxylation is 3. The molecular weight excluding hydrogens is 688 g/mol. The number of carbonyl (C=O) groups excluding carboxylic acids is 2. The van der Waals surface area contributed by atoms with Gasteiger partial charge in [0.15, 0.2) is 0 Å². The summed E-state index contributed by atoms with van der Waals surface area (Å²) in [6, 6.07) is 5.53. The van der Waals surface area contributed by atoms with Crippen molar-refractivity contribution in [3.63, 3.8) is 0 Å². The second-order valence-corrected chi connectivity index (χ2v) is 14.2. The van der Waals surface area contributed by atoms with Gasteiger partial charge >= 0.3 is 5.97 Å². The van der Waals surface area contributed by atoms with Crippen LogP contribution in [0.25, 0.3) is 17.8 Å². The van der Waals surface area contributed by atoms with E-state index in [1.54, 1.807) is 96.7 Å². The average molecular weight is 737 g/mol. The Labute approximate surface area is 314 Å². The lowest BCUT2D eigenvalue weighted by Crippen LogP contribution is -2.32. The van der Waals surface area contributed by atoms with Crippen molar-refractivity contribution >= 4 is 12.3 Å². The highest BCUT2D eigenvalue weighted by molar-refractivity contribution is 5.81. The maximum Gasteiger partial charge on any atom is 0.317 e. The lowest BCUT2D eigenvalue weighted by molar-refractivity contribution is -0.149. The summed E-state index contributed by atoms with van der Waals surface area (Å²) in [5, 5.41) is 9.38. The van der Waals surface area contributed by atoms with Crippen molar-refractivity contribution in [3.8, 4) is 17.8 Å². The second-order valence-electron chi connectivity index (χ2n) is 14.2. The fourth-order valence-corrected chi connectivity index (χ4v) is 4.69. The zero-order chi connectivity index (χ0) is 39.7. The number of aliphatic hydroxyl groups excluding tert-OH is 1. The normalized spacial score (nSPS) is 11.5. The molecule has 0 fully saturated rings. The standard InChI is InChI=1S/C14H18N4O2.C12H16N4O.C12H14N4O/c1-5-20-12(19)14(3,4)11-8-10(2)16-13(17-11)18-7-6-15-9-18;2*1-9-6-10(12(2,3)7-17)15-11(14-9)16-5-4-13-8-16/h6-9H,5H2,1-4H3;4-6,8,17H,7H2,1-3H3;4-8H,1-3H3. The van der Waals surface area contributed by atoms with Gasteiger partial charge in [-0.15, -0.1) is 0 Å². The molecule has 0 aliphatic carbocycles. The summed E-state index contributed by atoms with van der Waals surface area (Å²) >= 11 is 0. The van der Waals surface area contributed by atoms with Crippen molar-refractivity contribution in [2.45, 2.75) is 85.5 Å². The van der Waals surface area contributed by atoms with E-state index >= 15 is 0 Å². The second kappa shape index (κ2) is 17.2. The fourth-order valence-electron chi connectivity index (χ4n) is 4.69. The molecule has 0 aliphatic heterocycles. The van der Waals surface area contributed by atoms with Crippen LogP contribution < -0.4 is 0 Å². The molecule has 0 saturated heterocycles. The third-order valence-electron chi connectivity index (χ3n) is 8.20. The van der Waals surface area contributed by atoms with E-state index in [-0.39, 0.29) is 18.0 Å². The lowest BCUT2D eigenvalue weighted by atomic mass is 9.89. The van der Waals surface area contributed by atoms with Crippen molar-refractivity contribution in [2.24, 2.45) is 0 Å². The molecule has 0 unspecified atom stereocenters. The van der Waals surface area contributed by atoms with Gasteiger partial charge in [0.2, 0.25) is 17.8 Å². The first-order chi connectivity index (χ1) is 25.5. The molecule has 0 aliphatic rings. The fraction of sp³-hybridized carbons (Fsp3) is 0.395. The zero-order valence-electron chi connectivity index (χ0n) is 32.5. The van der Waals surface area contributed by atoms with Crippen molar-refractivity contribution in [1.29, 1.82) is 0 Å². The topological polar surface area (TPSA) is 194 Å². The Balaban J connectivity index is 0.000000181. The first-order valence-electron chi connectivity index (χ1n) is 17.3. The molecule has 284 valence electrons. The molecule has 54 heavy (non-hydrogen) atoms. The Morgan fingerprint density at radius 2 is 1.06 bits per heavy atom. The van der Waals surface area contributed by atoms with E-state index in [4.69, 9.17) is 4.74 Å². The maximum absolute atomic E-state index is 12.1. The van der Waals surface area contributed by atoms with Crippen molar-refractivity contribution in [3.05, 3.63) is 109 Å². The van der Waals surface area contributed by atoms with Crippen LogP contribution in [-0.4, -0.2) is 89.1 Å². The third-order valence-corrected chi connectivity index (χ3v) is 8.20. The molecule has 0 bridgehead atoms. The SMILES string of the molecule is CCOC(=O)C(C)(C)c1cc(C)nc(-n2ccnc2)n1.Cc1cc(C(C)(C)C=O)nc(-n2ccnc2)n1.Cc1cc(C(C)(C)CO)nc(-n2ccnc2)n1. The summed E-state index contributed by atoms with van der Waals surface area (Å²) < 4.78 is 10.3. The number of imidazole rings is 3. The van der Waals surface area contributed by atoms with E-state index < -0.39 is 10.8 Å². The number of hydrogen-bond acceptors (Lipinski definition) is 13. The predicted molar refractivity (Wildman–Crippen MR) is 201 cm³/mol. The molecular formula is C38H48N12O4. The molecule has 16 heteroatoms. The van der Waals surface area contributed by atoms with Gasteiger partial charge < -0.3 is 14.6 Å². The summed E-state index contributed by atoms with van der Waals surface area (Å²) in [5.74, 6) is 1.32. The average Bonchev–Trinajstić information content (AvgIpc) is 3.96. The van der Waals surface area contributed by atoms with Crippen LogP contribution in [0.15, 0.2) is 74.4 Å². The first-order valence-corrected chi connectivity index (χ1v) is 17.3. The molecule has 0 saturated carbocycles. The van der Waals surface area contributed by atoms with E-state index in [0.29, 0.717) is 35.8 Å². The number of nitrogens with zero attached hydrogens (tertiary/aromatic N) is 12. The molecule has 0 radical (unpaired) electrons. The van der Waals surface area contributed by atoms with E-state index in [0.717, 1.165) is 29.1 Å². The van der Waals surface area contributed by atoms with Gasteiger partial charge in [-0.25, -0.2) is 44.9 Å². The van der Waals surface area contributed by atoms with Crippen LogP contribution >= 0.6 is 0 Å². The molecule has 6 heterocycles. The highest BCUT2D eigenvalue weighted by Crippen LogP contribution is 2.25. The molecule has 0 aromatic carbocycles. The van der Waals surface area contributed by atoms with Gasteiger partial charge in [0.25, 0.3) is 0 Å². The van der Waals surface area contributed by atoms with Crippen LogP contribution in [0, 0.1) is 20.8 Å². The number of carbonyl (C=O) groups is 2. The minimum Gasteiger partial charge on any atom is -0.465 e. The van der Waals surface area contributed by atoms with Crippen molar-refractivity contribution in [2.75, 3.05) is 13.2 Å². The summed E-state index contributed by atoms with van der Waals surface area (Å²) in [6.45, 7) is 19.0. The molecule has 16 nitrogen and oxygen atoms in total. The summed E-state index contributed by atoms with van der Waals surface area (Å²) in [5.41, 5.74) is 2.86. The number of aromatic nitrogens is 12. The van der Waals surface area contributed by atoms with E-state index in [2.05, 4.69) is 44.9 Å². The smallest absolute Gasteiger partial charge is 0.317 e. The highest BCUT2D eigenvalue weighted by Gasteiger charge is 2.34. The lowest BCUT2D eigenvalue weighted by Gasteiger charge is -2.22. The summed E-state index contributed by atoms with van der Waals surface area (Å²) in [4.78, 5) is 61.4. The number of hydrogen-bond donors (Lipinski definition) is 1. The Bertz CT molecular complexity index is 2130. The molecule has 6 rings (SSSR count). The molecule has 1 N–H and O–H groups in total. The van der Waals surface area contributed by atoms with Gasteiger partial charge in [-0.2, -0.15) is 0 Å². The summed E-state index contributed by atoms with van der Waals surface area (Å²) in [7, 11) is 0. The molecule has 0 spiro atoms. The van der Waals surface area contributed by atoms with Crippen LogP contribution in [0.3, 0.4) is 0 Å². The van der Waals surface area contributed by atoms with Crippen molar-refractivity contribution in [1.82, 2.24) is 58.6 Å². The van der Waals surface area contributed by atoms with Gasteiger partial charge in [0, 0.05) is 59.7 Å². The number of aldehydes is 1. The number of ether oxygens (including phenoxy) is 1. The number of aliphatic hydroxyl groups is 1. The van der Waals surface area contributed by atoms with Crippen molar-refractivity contribution < 1.29 is 19.4 Å². The Kier molecular flexibility index (Phi) is 13.0. The van der Waals surface area contributed by atoms with E-state index in [1.165, 1.54) is 0 Å². The largest absolute Gasteiger partial charge is 0.465 e. The zero-order valence-corrected chi connectivity index (χ0v) is 32.5. The van der Waals surface area contributed by atoms with Gasteiger partial charge in [0.1, 0.15) is 30.7 Å². The summed E-state index contributed by atoms with van der Waals surface area (Å²) in [6.07, 6.45) is 16.1. The predicted octanol–water partition coefficient (Wildman–Crippen LogP) is 4.50. The minimum atomic E-state index is -0.820. The quantitative estimate of drug-likeness (QED) is 0.153. The Morgan fingerprint density at radius 3 is 1.43 bits per heavy atom. The van der Waals surface area contributed by atoms with Crippen LogP contribution in [0.2, 0.25) is 0 Å². The Morgan fingerprint density at radius 1 is 0.667 bits per heavy atom. The number of rotatable bonds is 10. The van der Waals surface area contributed by atoms with Crippen LogP contribution in [0.4, 0.5) is 0 Å². The van der Waals surface area contributed by atoms with Gasteiger partial charge in [-0.1, -0.05) is 13.8 Å². The van der Waals surface area contributed by atoms with Crippen LogP contribution in [-0.2, 0) is 30.6 Å². The van der Waals surface area contributed by atoms with E-state index in [1.807, 2.05) is 60.6 Å². The molecule has 0 amide bonds. The van der Waals surface area contributed by atoms with E-state index in [9.17, 15) is 14.7 Å². The third kappa shape index (κ3) is 10.1. The first kappa shape index (κ1) is 40.7. The molecule has 6 aromatic heterocycles. The highest BCUT2D eigenvalue weighted by atomic mass is 16.5. The van der Waals surface area contributed by atoms with Gasteiger partial charge in [-0.3, -0.25) is 18.5 Å². The maximum atomic E-state index is 12.1.